The molecular weight excluding hydrogens is 174 g/mol. The molecule has 0 spiro atoms. The van der Waals surface area contributed by atoms with Gasteiger partial charge in [0.25, 0.3) is 0 Å². The average molecular weight is 191 g/mol. The Morgan fingerprint density at radius 2 is 2.21 bits per heavy atom. The molecule has 0 fully saturated rings. The molecule has 0 radical (unpaired) electrons. The first kappa shape index (κ1) is 9.69. The molecule has 2 rings (SSSR count). The maximum absolute atomic E-state index is 5.19. The van der Waals surface area contributed by atoms with Crippen molar-refractivity contribution in [2.24, 2.45) is 0 Å². The first-order valence-electron chi connectivity index (χ1n) is 5.13. The Morgan fingerprint density at radius 1 is 1.43 bits per heavy atom. The highest BCUT2D eigenvalue weighted by molar-refractivity contribution is 5.31. The molecule has 2 nitrogen and oxygen atoms in total. The van der Waals surface area contributed by atoms with Gasteiger partial charge in [-0.1, -0.05) is 24.3 Å². The van der Waals surface area contributed by atoms with E-state index >= 15 is 0 Å². The molecule has 1 atom stereocenters. The van der Waals surface area contributed by atoms with Crippen molar-refractivity contribution in [2.45, 2.75) is 19.4 Å². The smallest absolute Gasteiger partial charge is 0.0991 e. The van der Waals surface area contributed by atoms with E-state index in [0.717, 1.165) is 19.7 Å². The Morgan fingerprint density at radius 3 is 3.00 bits per heavy atom. The molecule has 1 aliphatic heterocycles. The SMILES string of the molecule is COCN1CCc2ccccc2[C@H]1C. The number of ether oxygens (including phenoxy) is 1. The summed E-state index contributed by atoms with van der Waals surface area (Å²) in [6.07, 6.45) is 1.14. The standard InChI is InChI=1S/C12H17NO/c1-10-12-6-4-3-5-11(12)7-8-13(10)9-14-2/h3-6,10H,7-9H2,1-2H3/t10-/m1/s1. The van der Waals surface area contributed by atoms with Crippen molar-refractivity contribution in [1.82, 2.24) is 4.90 Å². The number of nitrogens with zero attached hydrogens (tertiary/aromatic N) is 1. The van der Waals surface area contributed by atoms with Crippen molar-refractivity contribution >= 4 is 0 Å². The fourth-order valence-corrected chi connectivity index (χ4v) is 2.17. The molecule has 1 heterocycles. The summed E-state index contributed by atoms with van der Waals surface area (Å²) in [5, 5.41) is 0. The molecular formula is C12H17NO. The monoisotopic (exact) mass is 191 g/mol. The highest BCUT2D eigenvalue weighted by atomic mass is 16.5. The first-order valence-corrected chi connectivity index (χ1v) is 5.13. The molecule has 0 N–H and O–H groups in total. The quantitative estimate of drug-likeness (QED) is 0.710. The first-order chi connectivity index (χ1) is 6.83. The largest absolute Gasteiger partial charge is 0.369 e. The van der Waals surface area contributed by atoms with Crippen LogP contribution in [0.15, 0.2) is 24.3 Å². The predicted molar refractivity (Wildman–Crippen MR) is 57.1 cm³/mol. The van der Waals surface area contributed by atoms with Gasteiger partial charge >= 0.3 is 0 Å². The molecule has 0 aromatic heterocycles. The summed E-state index contributed by atoms with van der Waals surface area (Å²) < 4.78 is 5.19. The summed E-state index contributed by atoms with van der Waals surface area (Å²) in [5.41, 5.74) is 2.95. The molecule has 1 aromatic carbocycles. The lowest BCUT2D eigenvalue weighted by Gasteiger charge is -2.34. The second-order valence-corrected chi connectivity index (χ2v) is 3.85. The van der Waals surface area contributed by atoms with E-state index in [2.05, 4.69) is 36.1 Å². The minimum absolute atomic E-state index is 0.486. The van der Waals surface area contributed by atoms with Crippen LogP contribution in [0.25, 0.3) is 0 Å². The third kappa shape index (κ3) is 1.68. The van der Waals surface area contributed by atoms with Crippen LogP contribution in [0.3, 0.4) is 0 Å². The lowest BCUT2D eigenvalue weighted by molar-refractivity contribution is 0.0330. The van der Waals surface area contributed by atoms with Gasteiger partial charge in [-0.3, -0.25) is 4.90 Å². The third-order valence-corrected chi connectivity index (χ3v) is 3.02. The fraction of sp³-hybridized carbons (Fsp3) is 0.500. The molecule has 14 heavy (non-hydrogen) atoms. The summed E-state index contributed by atoms with van der Waals surface area (Å²) in [4.78, 5) is 2.36. The molecule has 0 saturated carbocycles. The maximum atomic E-state index is 5.19. The normalized spacial score (nSPS) is 22.0. The van der Waals surface area contributed by atoms with E-state index in [1.54, 1.807) is 7.11 Å². The van der Waals surface area contributed by atoms with Gasteiger partial charge in [-0.15, -0.1) is 0 Å². The maximum Gasteiger partial charge on any atom is 0.0991 e. The minimum Gasteiger partial charge on any atom is -0.369 e. The second kappa shape index (κ2) is 4.11. The highest BCUT2D eigenvalue weighted by Gasteiger charge is 2.22. The third-order valence-electron chi connectivity index (χ3n) is 3.02. The van der Waals surface area contributed by atoms with Gasteiger partial charge in [0, 0.05) is 19.7 Å². The van der Waals surface area contributed by atoms with E-state index in [4.69, 9.17) is 4.74 Å². The predicted octanol–water partition coefficient (Wildman–Crippen LogP) is 2.21. The van der Waals surface area contributed by atoms with Crippen LogP contribution in [-0.2, 0) is 11.2 Å². The van der Waals surface area contributed by atoms with Gasteiger partial charge in [-0.2, -0.15) is 0 Å². The number of benzene rings is 1. The Labute approximate surface area is 85.5 Å². The van der Waals surface area contributed by atoms with Crippen molar-refractivity contribution in [1.29, 1.82) is 0 Å². The van der Waals surface area contributed by atoms with E-state index in [1.165, 1.54) is 11.1 Å². The molecule has 0 aliphatic carbocycles. The lowest BCUT2D eigenvalue weighted by atomic mass is 9.94. The number of methoxy groups -OCH3 is 1. The van der Waals surface area contributed by atoms with Crippen molar-refractivity contribution in [2.75, 3.05) is 20.4 Å². The lowest BCUT2D eigenvalue weighted by Crippen LogP contribution is -2.35. The number of rotatable bonds is 2. The van der Waals surface area contributed by atoms with Gasteiger partial charge in [0.15, 0.2) is 0 Å². The molecule has 1 aromatic rings. The summed E-state index contributed by atoms with van der Waals surface area (Å²) >= 11 is 0. The molecule has 0 unspecified atom stereocenters. The zero-order valence-corrected chi connectivity index (χ0v) is 8.86. The second-order valence-electron chi connectivity index (χ2n) is 3.85. The van der Waals surface area contributed by atoms with Crippen LogP contribution >= 0.6 is 0 Å². The Bertz CT molecular complexity index is 311. The summed E-state index contributed by atoms with van der Waals surface area (Å²) in [7, 11) is 1.76. The zero-order chi connectivity index (χ0) is 9.97. The van der Waals surface area contributed by atoms with Gasteiger partial charge < -0.3 is 4.74 Å². The molecule has 76 valence electrons. The number of hydrogen-bond donors (Lipinski definition) is 0. The zero-order valence-electron chi connectivity index (χ0n) is 8.86. The van der Waals surface area contributed by atoms with Crippen molar-refractivity contribution < 1.29 is 4.74 Å². The van der Waals surface area contributed by atoms with E-state index in [9.17, 15) is 0 Å². The molecule has 2 heteroatoms. The van der Waals surface area contributed by atoms with Gasteiger partial charge in [0.2, 0.25) is 0 Å². The molecule has 0 amide bonds. The van der Waals surface area contributed by atoms with Crippen LogP contribution in [0.5, 0.6) is 0 Å². The van der Waals surface area contributed by atoms with Crippen molar-refractivity contribution in [3.05, 3.63) is 35.4 Å². The van der Waals surface area contributed by atoms with Gasteiger partial charge in [0.05, 0.1) is 6.73 Å². The van der Waals surface area contributed by atoms with E-state index < -0.39 is 0 Å². The molecule has 0 saturated heterocycles. The van der Waals surface area contributed by atoms with Crippen LogP contribution in [0.4, 0.5) is 0 Å². The fourth-order valence-electron chi connectivity index (χ4n) is 2.17. The molecule has 1 aliphatic rings. The Balaban J connectivity index is 2.22. The van der Waals surface area contributed by atoms with Crippen LogP contribution < -0.4 is 0 Å². The topological polar surface area (TPSA) is 12.5 Å². The van der Waals surface area contributed by atoms with E-state index in [1.807, 2.05) is 0 Å². The molecule has 0 bridgehead atoms. The summed E-state index contributed by atoms with van der Waals surface area (Å²) in [6.45, 7) is 4.08. The van der Waals surface area contributed by atoms with E-state index in [-0.39, 0.29) is 0 Å². The van der Waals surface area contributed by atoms with Gasteiger partial charge in [-0.05, 0) is 24.5 Å². The van der Waals surface area contributed by atoms with Crippen molar-refractivity contribution in [3.63, 3.8) is 0 Å². The van der Waals surface area contributed by atoms with Crippen LogP contribution in [0.1, 0.15) is 24.1 Å². The summed E-state index contributed by atoms with van der Waals surface area (Å²) in [6, 6.07) is 9.18. The van der Waals surface area contributed by atoms with E-state index in [0.29, 0.717) is 6.04 Å². The van der Waals surface area contributed by atoms with Crippen LogP contribution in [0.2, 0.25) is 0 Å². The number of hydrogen-bond acceptors (Lipinski definition) is 2. The Hall–Kier alpha value is -0.860. The summed E-state index contributed by atoms with van der Waals surface area (Å²) in [5.74, 6) is 0. The van der Waals surface area contributed by atoms with Gasteiger partial charge in [0.1, 0.15) is 0 Å². The number of fused-ring (bicyclic) bond motifs is 1. The average Bonchev–Trinajstić information content (AvgIpc) is 2.23. The van der Waals surface area contributed by atoms with Gasteiger partial charge in [-0.25, -0.2) is 0 Å². The van der Waals surface area contributed by atoms with Crippen LogP contribution in [-0.4, -0.2) is 25.3 Å². The minimum atomic E-state index is 0.486. The van der Waals surface area contributed by atoms with Crippen molar-refractivity contribution in [3.8, 4) is 0 Å². The Kier molecular flexibility index (Phi) is 2.85. The highest BCUT2D eigenvalue weighted by Crippen LogP contribution is 2.28. The van der Waals surface area contributed by atoms with Crippen LogP contribution in [0, 0.1) is 0 Å².